The van der Waals surface area contributed by atoms with Crippen molar-refractivity contribution in [3.05, 3.63) is 16.6 Å². The molecule has 1 aromatic heterocycles. The summed E-state index contributed by atoms with van der Waals surface area (Å²) < 4.78 is 0. The molecule has 19 heavy (non-hydrogen) atoms. The predicted octanol–water partition coefficient (Wildman–Crippen LogP) is 2.96. The van der Waals surface area contributed by atoms with Crippen molar-refractivity contribution in [2.75, 3.05) is 19.6 Å². The van der Waals surface area contributed by atoms with E-state index in [0.717, 1.165) is 13.1 Å². The lowest BCUT2D eigenvalue weighted by Gasteiger charge is -2.43. The first-order valence-electron chi connectivity index (χ1n) is 7.48. The Bertz CT molecular complexity index is 363. The molecule has 1 aliphatic heterocycles. The van der Waals surface area contributed by atoms with Crippen molar-refractivity contribution in [2.24, 2.45) is 5.92 Å². The van der Waals surface area contributed by atoms with E-state index in [2.05, 4.69) is 48.3 Å². The first-order chi connectivity index (χ1) is 9.11. The van der Waals surface area contributed by atoms with E-state index in [1.165, 1.54) is 18.0 Å². The Morgan fingerprint density at radius 1 is 1.47 bits per heavy atom. The van der Waals surface area contributed by atoms with Crippen LogP contribution >= 0.6 is 11.3 Å². The Labute approximate surface area is 121 Å². The van der Waals surface area contributed by atoms with Gasteiger partial charge in [-0.05, 0) is 12.3 Å². The highest BCUT2D eigenvalue weighted by Crippen LogP contribution is 2.23. The topological polar surface area (TPSA) is 28.2 Å². The molecule has 0 spiro atoms. The lowest BCUT2D eigenvalue weighted by Crippen LogP contribution is -2.58. The summed E-state index contributed by atoms with van der Waals surface area (Å²) in [5, 5.41) is 7.04. The number of nitrogens with zero attached hydrogens (tertiary/aromatic N) is 2. The molecule has 3 unspecified atom stereocenters. The lowest BCUT2D eigenvalue weighted by molar-refractivity contribution is 0.0920. The number of nitrogens with one attached hydrogen (secondary N) is 1. The molecule has 1 aliphatic rings. The van der Waals surface area contributed by atoms with Gasteiger partial charge in [0.25, 0.3) is 0 Å². The molecule has 2 rings (SSSR count). The molecule has 0 radical (unpaired) electrons. The second-order valence-electron chi connectivity index (χ2n) is 6.05. The molecule has 0 aliphatic carbocycles. The second-order valence-corrected chi connectivity index (χ2v) is 6.98. The molecule has 1 aromatic rings. The summed E-state index contributed by atoms with van der Waals surface area (Å²) in [6.45, 7) is 12.7. The monoisotopic (exact) mass is 281 g/mol. The van der Waals surface area contributed by atoms with E-state index >= 15 is 0 Å². The Morgan fingerprint density at radius 2 is 2.26 bits per heavy atom. The fraction of sp³-hybridized carbons (Fsp3) is 0.800. The van der Waals surface area contributed by atoms with E-state index in [1.807, 2.05) is 6.20 Å². The van der Waals surface area contributed by atoms with Crippen molar-refractivity contribution in [3.8, 4) is 0 Å². The van der Waals surface area contributed by atoms with Gasteiger partial charge in [-0.1, -0.05) is 27.7 Å². The van der Waals surface area contributed by atoms with E-state index < -0.39 is 0 Å². The van der Waals surface area contributed by atoms with Gasteiger partial charge in [0.15, 0.2) is 0 Å². The third-order valence-corrected chi connectivity index (χ3v) is 5.19. The van der Waals surface area contributed by atoms with Crippen LogP contribution in [0, 0.1) is 5.92 Å². The minimum Gasteiger partial charge on any atom is -0.311 e. The largest absolute Gasteiger partial charge is 0.311 e. The summed E-state index contributed by atoms with van der Waals surface area (Å²) in [6, 6.07) is 1.31. The van der Waals surface area contributed by atoms with Gasteiger partial charge in [-0.2, -0.15) is 0 Å². The number of piperazine rings is 1. The fourth-order valence-corrected chi connectivity index (χ4v) is 3.64. The molecule has 0 aromatic carbocycles. The predicted molar refractivity (Wildman–Crippen MR) is 82.8 cm³/mol. The quantitative estimate of drug-likeness (QED) is 0.899. The number of aromatic nitrogens is 1. The molecule has 3 nitrogen and oxygen atoms in total. The average molecular weight is 281 g/mol. The first-order valence-corrected chi connectivity index (χ1v) is 8.36. The highest BCUT2D eigenvalue weighted by atomic mass is 32.1. The fourth-order valence-electron chi connectivity index (χ4n) is 2.95. The van der Waals surface area contributed by atoms with E-state index in [4.69, 9.17) is 0 Å². The molecule has 0 amide bonds. The van der Waals surface area contributed by atoms with E-state index in [0.29, 0.717) is 23.9 Å². The van der Waals surface area contributed by atoms with Gasteiger partial charge in [-0.15, -0.1) is 11.3 Å². The zero-order valence-corrected chi connectivity index (χ0v) is 13.4. The molecule has 1 N–H and O–H groups in total. The zero-order valence-electron chi connectivity index (χ0n) is 12.6. The summed E-state index contributed by atoms with van der Waals surface area (Å²) in [5.41, 5.74) is 0. The summed E-state index contributed by atoms with van der Waals surface area (Å²) in [5.74, 6) is 1.24. The lowest BCUT2D eigenvalue weighted by atomic mass is 9.96. The SMILES string of the molecule is CCC1CN(CC(C)c2nccs2)C(C(C)C)CN1. The average Bonchev–Trinajstić information content (AvgIpc) is 2.92. The van der Waals surface area contributed by atoms with E-state index in [-0.39, 0.29) is 0 Å². The van der Waals surface area contributed by atoms with Crippen LogP contribution in [-0.4, -0.2) is 41.6 Å². The van der Waals surface area contributed by atoms with Crippen LogP contribution in [0.15, 0.2) is 11.6 Å². The van der Waals surface area contributed by atoms with Gasteiger partial charge >= 0.3 is 0 Å². The molecule has 0 saturated carbocycles. The normalized spacial score (nSPS) is 26.8. The minimum atomic E-state index is 0.539. The Kier molecular flexibility index (Phi) is 5.37. The first kappa shape index (κ1) is 14.9. The van der Waals surface area contributed by atoms with Gasteiger partial charge in [-0.3, -0.25) is 4.90 Å². The maximum absolute atomic E-state index is 4.47. The van der Waals surface area contributed by atoms with Crippen molar-refractivity contribution in [3.63, 3.8) is 0 Å². The smallest absolute Gasteiger partial charge is 0.0965 e. The van der Waals surface area contributed by atoms with Gasteiger partial charge in [0.1, 0.15) is 0 Å². The molecular weight excluding hydrogens is 254 g/mol. The van der Waals surface area contributed by atoms with E-state index in [1.54, 1.807) is 11.3 Å². The third-order valence-electron chi connectivity index (χ3n) is 4.18. The molecular formula is C15H27N3S. The highest BCUT2D eigenvalue weighted by Gasteiger charge is 2.30. The molecule has 1 saturated heterocycles. The molecule has 1 fully saturated rings. The van der Waals surface area contributed by atoms with Gasteiger partial charge < -0.3 is 5.32 Å². The molecule has 2 heterocycles. The van der Waals surface area contributed by atoms with Crippen molar-refractivity contribution in [2.45, 2.75) is 52.1 Å². The Hall–Kier alpha value is -0.450. The number of hydrogen-bond acceptors (Lipinski definition) is 4. The second kappa shape index (κ2) is 6.82. The molecule has 3 atom stereocenters. The van der Waals surface area contributed by atoms with Gasteiger partial charge in [0, 0.05) is 49.2 Å². The molecule has 4 heteroatoms. The third kappa shape index (κ3) is 3.77. The number of rotatable bonds is 5. The number of thiazole rings is 1. The van der Waals surface area contributed by atoms with Crippen LogP contribution in [0.4, 0.5) is 0 Å². The van der Waals surface area contributed by atoms with Gasteiger partial charge in [-0.25, -0.2) is 4.98 Å². The minimum absolute atomic E-state index is 0.539. The summed E-state index contributed by atoms with van der Waals surface area (Å²) in [7, 11) is 0. The standard InChI is InChI=1S/C15H27N3S/c1-5-13-10-18(14(8-17-13)11(2)3)9-12(4)15-16-6-7-19-15/h6-7,11-14,17H,5,8-10H2,1-4H3. The van der Waals surface area contributed by atoms with Gasteiger partial charge in [0.05, 0.1) is 5.01 Å². The van der Waals surface area contributed by atoms with Crippen molar-refractivity contribution in [1.29, 1.82) is 0 Å². The van der Waals surface area contributed by atoms with Gasteiger partial charge in [0.2, 0.25) is 0 Å². The van der Waals surface area contributed by atoms with Crippen LogP contribution in [0.3, 0.4) is 0 Å². The summed E-state index contributed by atoms with van der Waals surface area (Å²) in [4.78, 5) is 7.15. The van der Waals surface area contributed by atoms with Crippen LogP contribution in [0.1, 0.15) is 45.0 Å². The van der Waals surface area contributed by atoms with Crippen molar-refractivity contribution in [1.82, 2.24) is 15.2 Å². The summed E-state index contributed by atoms with van der Waals surface area (Å²) in [6.07, 6.45) is 3.13. The highest BCUT2D eigenvalue weighted by molar-refractivity contribution is 7.09. The van der Waals surface area contributed by atoms with Crippen molar-refractivity contribution >= 4 is 11.3 Å². The maximum Gasteiger partial charge on any atom is 0.0965 e. The molecule has 108 valence electrons. The van der Waals surface area contributed by atoms with E-state index in [9.17, 15) is 0 Å². The maximum atomic E-state index is 4.47. The van der Waals surface area contributed by atoms with Crippen LogP contribution < -0.4 is 5.32 Å². The zero-order chi connectivity index (χ0) is 13.8. The van der Waals surface area contributed by atoms with Crippen LogP contribution in [0.2, 0.25) is 0 Å². The Balaban J connectivity index is 2.01. The Morgan fingerprint density at radius 3 is 2.84 bits per heavy atom. The van der Waals surface area contributed by atoms with Crippen LogP contribution in [0.5, 0.6) is 0 Å². The van der Waals surface area contributed by atoms with Crippen molar-refractivity contribution < 1.29 is 0 Å². The summed E-state index contributed by atoms with van der Waals surface area (Å²) >= 11 is 1.78. The van der Waals surface area contributed by atoms with Crippen LogP contribution in [0.25, 0.3) is 0 Å². The van der Waals surface area contributed by atoms with Crippen LogP contribution in [-0.2, 0) is 0 Å². The molecule has 0 bridgehead atoms. The number of hydrogen-bond donors (Lipinski definition) is 1.